The lowest BCUT2D eigenvalue weighted by atomic mass is 10.2. The summed E-state index contributed by atoms with van der Waals surface area (Å²) in [6.45, 7) is 10.4. The number of benzene rings is 1. The second-order valence-electron chi connectivity index (χ2n) is 4.95. The summed E-state index contributed by atoms with van der Waals surface area (Å²) in [5.74, 6) is 0.244. The number of anilines is 2. The number of nitrogens with one attached hydrogen (secondary N) is 2. The van der Waals surface area contributed by atoms with Gasteiger partial charge in [0.2, 0.25) is 11.8 Å². The van der Waals surface area contributed by atoms with Crippen LogP contribution in [0.1, 0.15) is 27.7 Å². The van der Waals surface area contributed by atoms with Gasteiger partial charge in [0.05, 0.1) is 5.69 Å². The van der Waals surface area contributed by atoms with E-state index in [0.717, 1.165) is 19.6 Å². The molecule has 0 saturated heterocycles. The van der Waals surface area contributed by atoms with Crippen molar-refractivity contribution in [3.63, 3.8) is 0 Å². The molecule has 22 heavy (non-hydrogen) atoms. The Morgan fingerprint density at radius 3 is 2.27 bits per heavy atom. The molecule has 0 fully saturated rings. The van der Waals surface area contributed by atoms with Crippen LogP contribution >= 0.6 is 0 Å². The molecule has 0 atom stereocenters. The Hall–Kier alpha value is -2.08. The van der Waals surface area contributed by atoms with Crippen LogP contribution in [0.15, 0.2) is 18.2 Å². The van der Waals surface area contributed by atoms with Gasteiger partial charge in [0.25, 0.3) is 0 Å². The van der Waals surface area contributed by atoms with Gasteiger partial charge in [0.1, 0.15) is 12.4 Å². The van der Waals surface area contributed by atoms with Gasteiger partial charge >= 0.3 is 0 Å². The molecule has 1 aromatic carbocycles. The standard InChI is InChI=1S/C16H25N3O3/c1-5-19(6-2)9-10-22-16-8-7-14(17-12(3)20)11-15(16)18-13(4)21/h7-8,11H,5-6,9-10H2,1-4H3,(H,17,20)(H,18,21). The van der Waals surface area contributed by atoms with E-state index in [0.29, 0.717) is 23.7 Å². The van der Waals surface area contributed by atoms with Crippen molar-refractivity contribution in [2.24, 2.45) is 0 Å². The van der Waals surface area contributed by atoms with Crippen molar-refractivity contribution < 1.29 is 14.3 Å². The maximum absolute atomic E-state index is 11.3. The Kier molecular flexibility index (Phi) is 7.39. The predicted molar refractivity (Wildman–Crippen MR) is 88.3 cm³/mol. The number of hydrogen-bond donors (Lipinski definition) is 2. The van der Waals surface area contributed by atoms with Crippen LogP contribution in [0.5, 0.6) is 5.75 Å². The summed E-state index contributed by atoms with van der Waals surface area (Å²) in [4.78, 5) is 24.7. The van der Waals surface area contributed by atoms with E-state index in [1.54, 1.807) is 18.2 Å². The van der Waals surface area contributed by atoms with Crippen LogP contribution in [0.2, 0.25) is 0 Å². The van der Waals surface area contributed by atoms with E-state index in [2.05, 4.69) is 29.4 Å². The van der Waals surface area contributed by atoms with E-state index in [-0.39, 0.29) is 11.8 Å². The topological polar surface area (TPSA) is 70.7 Å². The van der Waals surface area contributed by atoms with Crippen molar-refractivity contribution in [2.45, 2.75) is 27.7 Å². The molecule has 0 bridgehead atoms. The number of carbonyl (C=O) groups excluding carboxylic acids is 2. The van der Waals surface area contributed by atoms with Crippen LogP contribution in [0.4, 0.5) is 11.4 Å². The smallest absolute Gasteiger partial charge is 0.221 e. The Morgan fingerprint density at radius 2 is 1.73 bits per heavy atom. The summed E-state index contributed by atoms with van der Waals surface area (Å²) in [5, 5.41) is 5.41. The van der Waals surface area contributed by atoms with Crippen LogP contribution in [-0.4, -0.2) is 43.0 Å². The van der Waals surface area contributed by atoms with Gasteiger partial charge in [0, 0.05) is 26.1 Å². The van der Waals surface area contributed by atoms with Gasteiger partial charge < -0.3 is 20.3 Å². The number of amides is 2. The van der Waals surface area contributed by atoms with Crippen LogP contribution in [0.3, 0.4) is 0 Å². The molecule has 0 spiro atoms. The van der Waals surface area contributed by atoms with Crippen LogP contribution in [0.25, 0.3) is 0 Å². The van der Waals surface area contributed by atoms with Crippen molar-refractivity contribution >= 4 is 23.2 Å². The van der Waals surface area contributed by atoms with Gasteiger partial charge in [-0.25, -0.2) is 0 Å². The molecule has 2 N–H and O–H groups in total. The summed E-state index contributed by atoms with van der Waals surface area (Å²) in [5.41, 5.74) is 1.17. The summed E-state index contributed by atoms with van der Waals surface area (Å²) in [6, 6.07) is 5.19. The van der Waals surface area contributed by atoms with Gasteiger partial charge in [-0.2, -0.15) is 0 Å². The zero-order valence-corrected chi connectivity index (χ0v) is 13.7. The molecular formula is C16H25N3O3. The second-order valence-corrected chi connectivity index (χ2v) is 4.95. The van der Waals surface area contributed by atoms with Crippen LogP contribution < -0.4 is 15.4 Å². The quantitative estimate of drug-likeness (QED) is 0.773. The molecular weight excluding hydrogens is 282 g/mol. The van der Waals surface area contributed by atoms with Gasteiger partial charge in [-0.1, -0.05) is 13.8 Å². The highest BCUT2D eigenvalue weighted by atomic mass is 16.5. The van der Waals surface area contributed by atoms with Crippen molar-refractivity contribution in [3.05, 3.63) is 18.2 Å². The fourth-order valence-electron chi connectivity index (χ4n) is 2.05. The third-order valence-electron chi connectivity index (χ3n) is 3.17. The summed E-state index contributed by atoms with van der Waals surface area (Å²) in [7, 11) is 0. The zero-order chi connectivity index (χ0) is 16.5. The molecule has 1 aromatic rings. The van der Waals surface area contributed by atoms with E-state index >= 15 is 0 Å². The minimum atomic E-state index is -0.187. The van der Waals surface area contributed by atoms with E-state index in [1.807, 2.05) is 0 Å². The molecule has 6 nitrogen and oxygen atoms in total. The Balaban J connectivity index is 2.78. The maximum atomic E-state index is 11.3. The molecule has 2 amide bonds. The first-order valence-electron chi connectivity index (χ1n) is 7.50. The number of rotatable bonds is 8. The lowest BCUT2D eigenvalue weighted by Crippen LogP contribution is -2.28. The van der Waals surface area contributed by atoms with Crippen LogP contribution in [0, 0.1) is 0 Å². The van der Waals surface area contributed by atoms with Crippen molar-refractivity contribution in [2.75, 3.05) is 36.9 Å². The number of ether oxygens (including phenoxy) is 1. The fourth-order valence-corrected chi connectivity index (χ4v) is 2.05. The first-order chi connectivity index (χ1) is 10.5. The minimum absolute atomic E-state index is 0.163. The average Bonchev–Trinajstić information content (AvgIpc) is 2.44. The lowest BCUT2D eigenvalue weighted by molar-refractivity contribution is -0.115. The Bertz CT molecular complexity index is 513. The molecule has 122 valence electrons. The molecule has 6 heteroatoms. The summed E-state index contributed by atoms with van der Waals surface area (Å²) >= 11 is 0. The number of nitrogens with zero attached hydrogens (tertiary/aromatic N) is 1. The highest BCUT2D eigenvalue weighted by Gasteiger charge is 2.08. The first kappa shape index (κ1) is 18.0. The minimum Gasteiger partial charge on any atom is -0.490 e. The molecule has 0 unspecified atom stereocenters. The van der Waals surface area contributed by atoms with E-state index < -0.39 is 0 Å². The van der Waals surface area contributed by atoms with Crippen molar-refractivity contribution in [3.8, 4) is 5.75 Å². The van der Waals surface area contributed by atoms with E-state index in [4.69, 9.17) is 4.74 Å². The number of likely N-dealkylation sites (N-methyl/N-ethyl adjacent to an activating group) is 1. The van der Waals surface area contributed by atoms with Gasteiger partial charge in [-0.3, -0.25) is 9.59 Å². The third kappa shape index (κ3) is 6.13. The molecule has 0 aliphatic rings. The highest BCUT2D eigenvalue weighted by Crippen LogP contribution is 2.28. The Morgan fingerprint density at radius 1 is 1.09 bits per heavy atom. The SMILES string of the molecule is CCN(CC)CCOc1ccc(NC(C)=O)cc1NC(C)=O. The van der Waals surface area contributed by atoms with Crippen molar-refractivity contribution in [1.29, 1.82) is 0 Å². The predicted octanol–water partition coefficient (Wildman–Crippen LogP) is 2.32. The lowest BCUT2D eigenvalue weighted by Gasteiger charge is -2.19. The summed E-state index contributed by atoms with van der Waals surface area (Å²) < 4.78 is 5.76. The molecule has 0 aliphatic heterocycles. The monoisotopic (exact) mass is 307 g/mol. The third-order valence-corrected chi connectivity index (χ3v) is 3.17. The first-order valence-corrected chi connectivity index (χ1v) is 7.50. The Labute approximate surface area is 131 Å². The molecule has 0 aliphatic carbocycles. The average molecular weight is 307 g/mol. The highest BCUT2D eigenvalue weighted by molar-refractivity contribution is 5.93. The summed E-state index contributed by atoms with van der Waals surface area (Å²) in [6.07, 6.45) is 0. The molecule has 0 aromatic heterocycles. The van der Waals surface area contributed by atoms with Crippen molar-refractivity contribution in [1.82, 2.24) is 4.90 Å². The number of hydrogen-bond acceptors (Lipinski definition) is 4. The van der Waals surface area contributed by atoms with E-state index in [9.17, 15) is 9.59 Å². The maximum Gasteiger partial charge on any atom is 0.221 e. The largest absolute Gasteiger partial charge is 0.490 e. The van der Waals surface area contributed by atoms with E-state index in [1.165, 1.54) is 13.8 Å². The fraction of sp³-hybridized carbons (Fsp3) is 0.500. The second kappa shape index (κ2) is 9.04. The molecule has 0 saturated carbocycles. The zero-order valence-electron chi connectivity index (χ0n) is 13.7. The van der Waals surface area contributed by atoms with Gasteiger partial charge in [-0.05, 0) is 31.3 Å². The molecule has 0 radical (unpaired) electrons. The van der Waals surface area contributed by atoms with Crippen LogP contribution in [-0.2, 0) is 9.59 Å². The molecule has 0 heterocycles. The number of carbonyl (C=O) groups is 2. The van der Waals surface area contributed by atoms with Gasteiger partial charge in [-0.15, -0.1) is 0 Å². The molecule has 1 rings (SSSR count). The van der Waals surface area contributed by atoms with Gasteiger partial charge in [0.15, 0.2) is 0 Å². The normalized spacial score (nSPS) is 10.4.